The second-order valence-corrected chi connectivity index (χ2v) is 10.9. The highest BCUT2D eigenvalue weighted by atomic mass is 32.3. The molecule has 0 fully saturated rings. The van der Waals surface area contributed by atoms with Gasteiger partial charge in [-0.1, -0.05) is 84.9 Å². The summed E-state index contributed by atoms with van der Waals surface area (Å²) < 4.78 is 73.3. The van der Waals surface area contributed by atoms with E-state index in [4.69, 9.17) is 0 Å². The van der Waals surface area contributed by atoms with Gasteiger partial charge in [0.05, 0.1) is 15.2 Å². The van der Waals surface area contributed by atoms with E-state index >= 15 is 0 Å². The van der Waals surface area contributed by atoms with Crippen molar-refractivity contribution in [3.05, 3.63) is 130 Å². The molecule has 35 heavy (non-hydrogen) atoms. The van der Waals surface area contributed by atoms with Crippen LogP contribution in [0.3, 0.4) is 0 Å². The molecule has 1 aliphatic carbocycles. The van der Waals surface area contributed by atoms with Gasteiger partial charge in [0.25, 0.3) is 0 Å². The summed E-state index contributed by atoms with van der Waals surface area (Å²) in [5.74, 6) is 0. The predicted octanol–water partition coefficient (Wildman–Crippen LogP) is 5.87. The molecule has 0 amide bonds. The normalized spacial score (nSPS) is 14.6. The maximum atomic E-state index is 13.7. The van der Waals surface area contributed by atoms with Crippen LogP contribution >= 0.6 is 0 Å². The minimum absolute atomic E-state index is 0.469. The molecule has 0 heterocycles. The summed E-state index contributed by atoms with van der Waals surface area (Å²) >= 11 is 0. The van der Waals surface area contributed by atoms with Gasteiger partial charge >= 0.3 is 20.4 Å². The van der Waals surface area contributed by atoms with Crippen LogP contribution in [0.25, 0.3) is 12.2 Å². The lowest BCUT2D eigenvalue weighted by Crippen LogP contribution is -2.32. The van der Waals surface area contributed by atoms with Crippen molar-refractivity contribution in [2.45, 2.75) is 15.2 Å². The van der Waals surface area contributed by atoms with Crippen LogP contribution in [0, 0.1) is 0 Å². The molecule has 0 aromatic heterocycles. The van der Waals surface area contributed by atoms with Gasteiger partial charge in [-0.15, -0.1) is 7.77 Å². The highest BCUT2D eigenvalue weighted by Crippen LogP contribution is 2.49. The molecule has 0 radical (unpaired) electrons. The van der Waals surface area contributed by atoms with Crippen LogP contribution in [-0.2, 0) is 25.9 Å². The summed E-state index contributed by atoms with van der Waals surface area (Å²) in [5.41, 5.74) is 3.66. The van der Waals surface area contributed by atoms with Crippen molar-refractivity contribution in [3.63, 3.8) is 0 Å². The first-order chi connectivity index (χ1) is 16.6. The second kappa shape index (κ2) is 8.25. The highest BCUT2D eigenvalue weighted by Gasteiger charge is 2.42. The molecule has 1 aliphatic rings. The Kier molecular flexibility index (Phi) is 5.45. The summed E-state index contributed by atoms with van der Waals surface area (Å²) in [6, 6.07) is 26.3. The maximum Gasteiger partial charge on any atom is 0.332 e. The van der Waals surface area contributed by atoms with Gasteiger partial charge in [0, 0.05) is 0 Å². The molecule has 0 aliphatic heterocycles. The number of halogens is 2. The third-order valence-electron chi connectivity index (χ3n) is 6.31. The Hall–Kier alpha value is -3.62. The Labute approximate surface area is 202 Å². The number of hydrogen-bond acceptors (Lipinski definition) is 4. The molecular weight excluding hydrogens is 490 g/mol. The Balaban J connectivity index is 1.92. The fourth-order valence-corrected chi connectivity index (χ4v) is 5.74. The van der Waals surface area contributed by atoms with Gasteiger partial charge in [0.1, 0.15) is 0 Å². The third-order valence-corrected chi connectivity index (χ3v) is 7.98. The first-order valence-corrected chi connectivity index (χ1v) is 13.4. The molecule has 5 rings (SSSR count). The van der Waals surface area contributed by atoms with Crippen LogP contribution in [0.15, 0.2) is 107 Å². The average Bonchev–Trinajstić information content (AvgIpc) is 2.99. The molecule has 0 saturated heterocycles. The standard InChI is InChI=1S/C27H18F2O4S2/c28-34(30,31)23-15-11-21(12-16-23)27(22-13-17-24(18-14-22)35(29,32)33)25-7-3-1-5-19(25)9-10-20-6-2-4-8-26(20)27/h1-18H. The largest absolute Gasteiger partial charge is 0.332 e. The van der Waals surface area contributed by atoms with Gasteiger partial charge in [-0.2, -0.15) is 16.8 Å². The lowest BCUT2D eigenvalue weighted by molar-refractivity contribution is 0.550. The van der Waals surface area contributed by atoms with Crippen molar-refractivity contribution in [1.29, 1.82) is 0 Å². The van der Waals surface area contributed by atoms with Crippen LogP contribution in [0.2, 0.25) is 0 Å². The minimum Gasteiger partial charge on any atom is -0.189 e. The molecule has 4 aromatic carbocycles. The van der Waals surface area contributed by atoms with E-state index in [0.29, 0.717) is 11.1 Å². The average molecular weight is 509 g/mol. The van der Waals surface area contributed by atoms with E-state index in [0.717, 1.165) is 22.3 Å². The summed E-state index contributed by atoms with van der Waals surface area (Å²) in [7, 11) is -9.81. The zero-order valence-electron chi connectivity index (χ0n) is 18.1. The topological polar surface area (TPSA) is 68.3 Å². The molecule has 0 saturated carbocycles. The molecule has 8 heteroatoms. The van der Waals surface area contributed by atoms with Crippen molar-refractivity contribution in [3.8, 4) is 0 Å². The molecule has 0 unspecified atom stereocenters. The first-order valence-electron chi connectivity index (χ1n) is 10.6. The van der Waals surface area contributed by atoms with Crippen molar-refractivity contribution >= 4 is 32.6 Å². The van der Waals surface area contributed by atoms with Crippen LogP contribution in [0.1, 0.15) is 33.4 Å². The van der Waals surface area contributed by atoms with Crippen molar-refractivity contribution in [1.82, 2.24) is 0 Å². The van der Waals surface area contributed by atoms with E-state index < -0.39 is 35.7 Å². The molecular formula is C27H18F2O4S2. The summed E-state index contributed by atoms with van der Waals surface area (Å²) in [6.07, 6.45) is 3.94. The number of benzene rings is 4. The van der Waals surface area contributed by atoms with E-state index in [-0.39, 0.29) is 0 Å². The Morgan fingerprint density at radius 3 is 1.17 bits per heavy atom. The molecule has 0 bridgehead atoms. The monoisotopic (exact) mass is 508 g/mol. The smallest absolute Gasteiger partial charge is 0.189 e. The van der Waals surface area contributed by atoms with Crippen LogP contribution < -0.4 is 0 Å². The maximum absolute atomic E-state index is 13.7. The van der Waals surface area contributed by atoms with Crippen molar-refractivity contribution < 1.29 is 24.6 Å². The molecule has 4 aromatic rings. The third kappa shape index (κ3) is 3.88. The SMILES string of the molecule is O=S(=O)(F)c1ccc(C2(c3ccc(S(=O)(=O)F)cc3)c3ccccc3C=Cc3ccccc32)cc1. The van der Waals surface area contributed by atoms with Crippen LogP contribution in [0.4, 0.5) is 7.77 Å². The second-order valence-electron chi connectivity index (χ2n) is 8.18. The summed E-state index contributed by atoms with van der Waals surface area (Å²) in [6.45, 7) is 0. The lowest BCUT2D eigenvalue weighted by atomic mass is 9.63. The fourth-order valence-electron chi connectivity index (χ4n) is 4.82. The summed E-state index contributed by atoms with van der Waals surface area (Å²) in [4.78, 5) is -0.938. The van der Waals surface area contributed by atoms with E-state index in [1.54, 1.807) is 24.3 Å². The first kappa shape index (κ1) is 23.1. The summed E-state index contributed by atoms with van der Waals surface area (Å²) in [5, 5.41) is 0. The molecule has 176 valence electrons. The Morgan fingerprint density at radius 1 is 0.486 bits per heavy atom. The van der Waals surface area contributed by atoms with Gasteiger partial charge in [0.15, 0.2) is 0 Å². The van der Waals surface area contributed by atoms with E-state index in [1.165, 1.54) is 24.3 Å². The molecule has 0 N–H and O–H groups in total. The van der Waals surface area contributed by atoms with Crippen LogP contribution in [-0.4, -0.2) is 16.8 Å². The zero-order valence-corrected chi connectivity index (χ0v) is 19.7. The number of hydrogen-bond donors (Lipinski definition) is 0. The number of fused-ring (bicyclic) bond motifs is 2. The van der Waals surface area contributed by atoms with Crippen LogP contribution in [0.5, 0.6) is 0 Å². The van der Waals surface area contributed by atoms with E-state index in [1.807, 2.05) is 60.7 Å². The van der Waals surface area contributed by atoms with Gasteiger partial charge in [-0.25, -0.2) is 0 Å². The van der Waals surface area contributed by atoms with E-state index in [2.05, 4.69) is 0 Å². The quantitative estimate of drug-likeness (QED) is 0.285. The Morgan fingerprint density at radius 2 is 0.829 bits per heavy atom. The lowest BCUT2D eigenvalue weighted by Gasteiger charge is -2.38. The number of rotatable bonds is 4. The van der Waals surface area contributed by atoms with Crippen molar-refractivity contribution in [2.75, 3.05) is 0 Å². The van der Waals surface area contributed by atoms with Gasteiger partial charge < -0.3 is 0 Å². The van der Waals surface area contributed by atoms with Gasteiger partial charge in [-0.05, 0) is 57.6 Å². The minimum atomic E-state index is -4.91. The van der Waals surface area contributed by atoms with Gasteiger partial charge in [0.2, 0.25) is 0 Å². The molecule has 4 nitrogen and oxygen atoms in total. The molecule has 0 spiro atoms. The van der Waals surface area contributed by atoms with Crippen molar-refractivity contribution in [2.24, 2.45) is 0 Å². The predicted molar refractivity (Wildman–Crippen MR) is 130 cm³/mol. The highest BCUT2D eigenvalue weighted by molar-refractivity contribution is 7.86. The Bertz CT molecular complexity index is 1550. The van der Waals surface area contributed by atoms with Gasteiger partial charge in [-0.3, -0.25) is 0 Å². The molecule has 0 atom stereocenters. The van der Waals surface area contributed by atoms with E-state index in [9.17, 15) is 24.6 Å². The fraction of sp³-hybridized carbons (Fsp3) is 0.0370. The zero-order chi connectivity index (χ0) is 24.8.